The van der Waals surface area contributed by atoms with E-state index in [4.69, 9.17) is 9.47 Å². The molecule has 2 N–H and O–H groups in total. The number of fused-ring (bicyclic) bond motifs is 5. The molecule has 2 aliphatic heterocycles. The SMILES string of the molecule is CCOC(=O)c1[nH]c2ccc(OC)cc2c1NC(=O)C(C)N1CC2C[C@@H](C1)c1cccc(=O)n1C2. The molecule has 35 heavy (non-hydrogen) atoms. The van der Waals surface area contributed by atoms with Gasteiger partial charge in [0.2, 0.25) is 5.91 Å². The number of carbonyl (C=O) groups excluding carboxylic acids is 2. The van der Waals surface area contributed by atoms with Gasteiger partial charge in [0, 0.05) is 48.2 Å². The van der Waals surface area contributed by atoms with Crippen LogP contribution in [0.3, 0.4) is 0 Å². The second-order valence-corrected chi connectivity index (χ2v) is 9.32. The van der Waals surface area contributed by atoms with E-state index in [0.717, 1.165) is 18.7 Å². The lowest BCUT2D eigenvalue weighted by molar-refractivity contribution is -0.121. The van der Waals surface area contributed by atoms with E-state index in [1.54, 1.807) is 38.3 Å². The Balaban J connectivity index is 1.41. The molecule has 2 bridgehead atoms. The number of benzene rings is 1. The first-order chi connectivity index (χ1) is 16.9. The maximum Gasteiger partial charge on any atom is 0.356 e. The number of H-pyrrole nitrogens is 1. The van der Waals surface area contributed by atoms with Gasteiger partial charge in [0.05, 0.1) is 25.4 Å². The molecule has 1 saturated heterocycles. The summed E-state index contributed by atoms with van der Waals surface area (Å²) in [6, 6.07) is 10.4. The van der Waals surface area contributed by atoms with Crippen molar-refractivity contribution in [3.8, 4) is 5.75 Å². The highest BCUT2D eigenvalue weighted by Crippen LogP contribution is 2.36. The van der Waals surface area contributed by atoms with Crippen LogP contribution in [0.4, 0.5) is 5.69 Å². The van der Waals surface area contributed by atoms with Gasteiger partial charge in [0.25, 0.3) is 5.56 Å². The van der Waals surface area contributed by atoms with Crippen LogP contribution in [-0.2, 0) is 16.1 Å². The first kappa shape index (κ1) is 23.2. The van der Waals surface area contributed by atoms with E-state index in [2.05, 4.69) is 15.2 Å². The van der Waals surface area contributed by atoms with Crippen LogP contribution in [-0.4, -0.2) is 59.2 Å². The molecule has 2 unspecified atom stereocenters. The molecule has 2 aliphatic rings. The number of methoxy groups -OCH3 is 1. The fraction of sp³-hybridized carbons (Fsp3) is 0.423. The molecule has 184 valence electrons. The molecule has 3 atom stereocenters. The average molecular weight is 479 g/mol. The second kappa shape index (κ2) is 9.22. The van der Waals surface area contributed by atoms with Crippen LogP contribution in [0.2, 0.25) is 0 Å². The summed E-state index contributed by atoms with van der Waals surface area (Å²) >= 11 is 0. The summed E-state index contributed by atoms with van der Waals surface area (Å²) in [6.07, 6.45) is 1.02. The molecule has 0 spiro atoms. The number of nitrogens with one attached hydrogen (secondary N) is 2. The molecule has 1 fully saturated rings. The van der Waals surface area contributed by atoms with Gasteiger partial charge in [-0.05, 0) is 50.5 Å². The fourth-order valence-electron chi connectivity index (χ4n) is 5.43. The normalized spacial score (nSPS) is 20.2. The molecule has 0 aliphatic carbocycles. The number of hydrogen-bond donors (Lipinski definition) is 2. The number of anilines is 1. The third-order valence-corrected chi connectivity index (χ3v) is 7.17. The molecule has 9 nitrogen and oxygen atoms in total. The molecular weight excluding hydrogens is 448 g/mol. The maximum absolute atomic E-state index is 13.5. The third-order valence-electron chi connectivity index (χ3n) is 7.17. The predicted molar refractivity (Wildman–Crippen MR) is 132 cm³/mol. The number of rotatable bonds is 6. The summed E-state index contributed by atoms with van der Waals surface area (Å²) in [6.45, 7) is 5.95. The molecule has 0 radical (unpaired) electrons. The second-order valence-electron chi connectivity index (χ2n) is 9.32. The van der Waals surface area contributed by atoms with Crippen molar-refractivity contribution in [3.63, 3.8) is 0 Å². The fourth-order valence-corrected chi connectivity index (χ4v) is 5.43. The minimum Gasteiger partial charge on any atom is -0.497 e. The van der Waals surface area contributed by atoms with Crippen LogP contribution in [0.1, 0.15) is 42.4 Å². The topological polar surface area (TPSA) is 106 Å². The van der Waals surface area contributed by atoms with Crippen molar-refractivity contribution in [2.24, 2.45) is 5.92 Å². The van der Waals surface area contributed by atoms with Crippen LogP contribution in [0, 0.1) is 5.92 Å². The van der Waals surface area contributed by atoms with Gasteiger partial charge in [0.15, 0.2) is 0 Å². The maximum atomic E-state index is 13.5. The quantitative estimate of drug-likeness (QED) is 0.528. The third kappa shape index (κ3) is 4.20. The molecule has 9 heteroatoms. The number of esters is 1. The zero-order valence-electron chi connectivity index (χ0n) is 20.2. The number of pyridine rings is 1. The number of likely N-dealkylation sites (tertiary alicyclic amines) is 1. The van der Waals surface area contributed by atoms with Gasteiger partial charge in [-0.25, -0.2) is 4.79 Å². The summed E-state index contributed by atoms with van der Waals surface area (Å²) in [5, 5.41) is 3.67. The van der Waals surface area contributed by atoms with E-state index in [9.17, 15) is 14.4 Å². The Hall–Kier alpha value is -3.59. The summed E-state index contributed by atoms with van der Waals surface area (Å²) in [5.74, 6) is 0.404. The number of nitrogens with zero attached hydrogens (tertiary/aromatic N) is 2. The van der Waals surface area contributed by atoms with Crippen molar-refractivity contribution < 1.29 is 19.1 Å². The zero-order chi connectivity index (χ0) is 24.7. The van der Waals surface area contributed by atoms with Crippen molar-refractivity contribution in [2.75, 3.05) is 32.1 Å². The first-order valence-electron chi connectivity index (χ1n) is 12.0. The number of piperidine rings is 1. The van der Waals surface area contributed by atoms with Crippen molar-refractivity contribution in [1.82, 2.24) is 14.5 Å². The smallest absolute Gasteiger partial charge is 0.356 e. The summed E-state index contributed by atoms with van der Waals surface area (Å²) in [5.41, 5.74) is 2.38. The van der Waals surface area contributed by atoms with Gasteiger partial charge in [-0.3, -0.25) is 14.5 Å². The highest BCUT2D eigenvalue weighted by Gasteiger charge is 2.37. The number of ether oxygens (including phenoxy) is 2. The lowest BCUT2D eigenvalue weighted by Gasteiger charge is -2.44. The Morgan fingerprint density at radius 1 is 1.20 bits per heavy atom. The summed E-state index contributed by atoms with van der Waals surface area (Å²) < 4.78 is 12.4. The van der Waals surface area contributed by atoms with Crippen molar-refractivity contribution in [1.29, 1.82) is 0 Å². The Bertz CT molecular complexity index is 1340. The first-order valence-corrected chi connectivity index (χ1v) is 12.0. The van der Waals surface area contributed by atoms with Gasteiger partial charge in [-0.2, -0.15) is 0 Å². The largest absolute Gasteiger partial charge is 0.497 e. The number of aromatic amines is 1. The van der Waals surface area contributed by atoms with Gasteiger partial charge in [-0.15, -0.1) is 0 Å². The number of carbonyl (C=O) groups is 2. The van der Waals surface area contributed by atoms with E-state index in [0.29, 0.717) is 41.3 Å². The van der Waals surface area contributed by atoms with Gasteiger partial charge < -0.3 is 24.3 Å². The van der Waals surface area contributed by atoms with Crippen LogP contribution < -0.4 is 15.6 Å². The van der Waals surface area contributed by atoms with Crippen LogP contribution >= 0.6 is 0 Å². The van der Waals surface area contributed by atoms with Crippen molar-refractivity contribution in [2.45, 2.75) is 38.8 Å². The highest BCUT2D eigenvalue weighted by molar-refractivity contribution is 6.12. The van der Waals surface area contributed by atoms with E-state index < -0.39 is 12.0 Å². The molecule has 1 amide bonds. The Labute approximate surface area is 203 Å². The summed E-state index contributed by atoms with van der Waals surface area (Å²) in [4.78, 5) is 43.7. The number of hydrogen-bond acceptors (Lipinski definition) is 6. The van der Waals surface area contributed by atoms with Crippen molar-refractivity contribution >= 4 is 28.5 Å². The summed E-state index contributed by atoms with van der Waals surface area (Å²) in [7, 11) is 1.57. The van der Waals surface area contributed by atoms with Gasteiger partial charge in [0.1, 0.15) is 11.4 Å². The van der Waals surface area contributed by atoms with Crippen LogP contribution in [0.15, 0.2) is 41.2 Å². The van der Waals surface area contributed by atoms with Gasteiger partial charge >= 0.3 is 5.97 Å². The predicted octanol–water partition coefficient (Wildman–Crippen LogP) is 2.96. The monoisotopic (exact) mass is 478 g/mol. The standard InChI is InChI=1S/C26H30N4O5/c1-4-35-26(33)24-23(19-11-18(34-3)8-9-20(19)27-24)28-25(32)15(2)29-12-16-10-17(14-29)21-6-5-7-22(31)30(21)13-16/h5-9,11,15-17,27H,4,10,12-14H2,1-3H3,(H,28,32)/t15?,16?,17-/m0/s1. The lowest BCUT2D eigenvalue weighted by Crippen LogP contribution is -2.52. The van der Waals surface area contributed by atoms with Gasteiger partial charge in [-0.1, -0.05) is 6.07 Å². The minimum absolute atomic E-state index is 0.0395. The number of aromatic nitrogens is 2. The Kier molecular flexibility index (Phi) is 6.10. The molecule has 3 aromatic rings. The van der Waals surface area contributed by atoms with Crippen LogP contribution in [0.25, 0.3) is 10.9 Å². The van der Waals surface area contributed by atoms with E-state index in [1.165, 1.54) is 0 Å². The zero-order valence-corrected chi connectivity index (χ0v) is 20.2. The van der Waals surface area contributed by atoms with E-state index in [-0.39, 0.29) is 29.7 Å². The van der Waals surface area contributed by atoms with E-state index in [1.807, 2.05) is 23.6 Å². The molecule has 2 aromatic heterocycles. The Morgan fingerprint density at radius 2 is 2.03 bits per heavy atom. The molecule has 0 saturated carbocycles. The lowest BCUT2D eigenvalue weighted by atomic mass is 9.82. The average Bonchev–Trinajstić information content (AvgIpc) is 3.21. The van der Waals surface area contributed by atoms with E-state index >= 15 is 0 Å². The molecule has 4 heterocycles. The van der Waals surface area contributed by atoms with Crippen LogP contribution in [0.5, 0.6) is 5.75 Å². The molecule has 1 aromatic carbocycles. The number of amides is 1. The molecule has 5 rings (SSSR count). The minimum atomic E-state index is -0.528. The van der Waals surface area contributed by atoms with Crippen molar-refractivity contribution in [3.05, 3.63) is 58.1 Å². The highest BCUT2D eigenvalue weighted by atomic mass is 16.5. The molecular formula is C26H30N4O5. The Morgan fingerprint density at radius 3 is 2.80 bits per heavy atom.